The van der Waals surface area contributed by atoms with E-state index in [1.807, 2.05) is 30.5 Å². The molecule has 2 aliphatic heterocycles. The van der Waals surface area contributed by atoms with E-state index >= 15 is 0 Å². The Bertz CT molecular complexity index is 1050. The highest BCUT2D eigenvalue weighted by Gasteiger charge is 2.49. The molecule has 0 radical (unpaired) electrons. The van der Waals surface area contributed by atoms with Gasteiger partial charge >= 0.3 is 0 Å². The molecule has 2 aromatic rings. The summed E-state index contributed by atoms with van der Waals surface area (Å²) in [5, 5.41) is 13.2. The van der Waals surface area contributed by atoms with E-state index < -0.39 is 17.7 Å². The summed E-state index contributed by atoms with van der Waals surface area (Å²) in [6, 6.07) is 7.02. The van der Waals surface area contributed by atoms with Crippen LogP contribution >= 0.6 is 11.3 Å². The molecule has 2 fully saturated rings. The maximum Gasteiger partial charge on any atom is 0.295 e. The number of rotatable bonds is 3. The fourth-order valence-electron chi connectivity index (χ4n) is 5.00. The second kappa shape index (κ2) is 7.58. The molecule has 1 atom stereocenters. The number of fused-ring (bicyclic) bond motifs is 1. The molecule has 3 aliphatic rings. The molecule has 1 aromatic carbocycles. The standard InChI is InChI=1S/C24H25NO4S/c1-14-10-12-30-23(14)20-19(21(26)16-7-8-18-15(13-16)9-11-29-18)22(27)24(28)25(20)17-5-3-2-4-6-17/h7-8,10,12-13,17,20,26H,2-6,9,11H2,1H3/b21-19-. The highest BCUT2D eigenvalue weighted by atomic mass is 32.1. The number of carbonyl (C=O) groups is 2. The number of nitrogens with zero attached hydrogens (tertiary/aromatic N) is 1. The molecule has 30 heavy (non-hydrogen) atoms. The van der Waals surface area contributed by atoms with Gasteiger partial charge in [-0.2, -0.15) is 0 Å². The highest BCUT2D eigenvalue weighted by Crippen LogP contribution is 2.45. The van der Waals surface area contributed by atoms with Crippen molar-refractivity contribution in [3.05, 3.63) is 56.8 Å². The average molecular weight is 424 g/mol. The molecule has 1 N–H and O–H groups in total. The molecule has 0 bridgehead atoms. The number of benzene rings is 1. The normalized spacial score (nSPS) is 23.6. The summed E-state index contributed by atoms with van der Waals surface area (Å²) in [6.45, 7) is 2.62. The molecular formula is C24H25NO4S. The van der Waals surface area contributed by atoms with Gasteiger partial charge in [-0.1, -0.05) is 19.3 Å². The predicted molar refractivity (Wildman–Crippen MR) is 116 cm³/mol. The Balaban J connectivity index is 1.65. The smallest absolute Gasteiger partial charge is 0.295 e. The zero-order chi connectivity index (χ0) is 20.8. The molecule has 6 heteroatoms. The van der Waals surface area contributed by atoms with Crippen LogP contribution in [0.3, 0.4) is 0 Å². The molecule has 1 amide bonds. The summed E-state index contributed by atoms with van der Waals surface area (Å²) in [4.78, 5) is 29.1. The maximum atomic E-state index is 13.2. The lowest BCUT2D eigenvalue weighted by molar-refractivity contribution is -0.141. The first kappa shape index (κ1) is 19.4. The number of ether oxygens (including phenoxy) is 1. The van der Waals surface area contributed by atoms with Gasteiger partial charge in [-0.05, 0) is 60.5 Å². The Hall–Kier alpha value is -2.60. The second-order valence-corrected chi connectivity index (χ2v) is 9.33. The number of amides is 1. The van der Waals surface area contributed by atoms with Crippen molar-refractivity contribution < 1.29 is 19.4 Å². The van der Waals surface area contributed by atoms with Crippen LogP contribution in [0.5, 0.6) is 5.75 Å². The van der Waals surface area contributed by atoms with Crippen molar-refractivity contribution in [1.29, 1.82) is 0 Å². The van der Waals surface area contributed by atoms with Crippen LogP contribution in [0.4, 0.5) is 0 Å². The molecule has 156 valence electrons. The lowest BCUT2D eigenvalue weighted by Gasteiger charge is -2.35. The Labute approximate surface area is 180 Å². The van der Waals surface area contributed by atoms with Gasteiger partial charge in [0.05, 0.1) is 12.2 Å². The number of likely N-dealkylation sites (tertiary alicyclic amines) is 1. The minimum atomic E-state index is -0.576. The number of aryl methyl sites for hydroxylation is 1. The summed E-state index contributed by atoms with van der Waals surface area (Å²) in [7, 11) is 0. The first-order valence-corrected chi connectivity index (χ1v) is 11.5. The average Bonchev–Trinajstić information content (AvgIpc) is 3.46. The first-order chi connectivity index (χ1) is 14.6. The van der Waals surface area contributed by atoms with E-state index in [0.29, 0.717) is 12.2 Å². The largest absolute Gasteiger partial charge is 0.507 e. The first-order valence-electron chi connectivity index (χ1n) is 10.7. The monoisotopic (exact) mass is 423 g/mol. The lowest BCUT2D eigenvalue weighted by Crippen LogP contribution is -2.40. The van der Waals surface area contributed by atoms with Crippen LogP contribution in [0.2, 0.25) is 0 Å². The Morgan fingerprint density at radius 2 is 1.97 bits per heavy atom. The number of hydrogen-bond acceptors (Lipinski definition) is 5. The third-order valence-electron chi connectivity index (χ3n) is 6.56. The molecule has 1 unspecified atom stereocenters. The van der Waals surface area contributed by atoms with Gasteiger partial charge in [-0.25, -0.2) is 0 Å². The van der Waals surface area contributed by atoms with E-state index in [0.717, 1.165) is 53.9 Å². The van der Waals surface area contributed by atoms with E-state index in [9.17, 15) is 14.7 Å². The Morgan fingerprint density at radius 3 is 2.70 bits per heavy atom. The summed E-state index contributed by atoms with van der Waals surface area (Å²) in [6.07, 6.45) is 5.89. The van der Waals surface area contributed by atoms with Crippen LogP contribution in [-0.2, 0) is 16.0 Å². The molecule has 5 rings (SSSR count). The van der Waals surface area contributed by atoms with E-state index in [1.165, 1.54) is 6.42 Å². The topological polar surface area (TPSA) is 66.8 Å². The van der Waals surface area contributed by atoms with Crippen molar-refractivity contribution in [3.63, 3.8) is 0 Å². The number of aliphatic hydroxyl groups excluding tert-OH is 1. The van der Waals surface area contributed by atoms with Gasteiger partial charge in [0, 0.05) is 22.9 Å². The number of hydrogen-bond donors (Lipinski definition) is 1. The van der Waals surface area contributed by atoms with Crippen molar-refractivity contribution in [2.75, 3.05) is 6.61 Å². The summed E-state index contributed by atoms with van der Waals surface area (Å²) in [5.74, 6) is -0.322. The van der Waals surface area contributed by atoms with Gasteiger partial charge in [-0.3, -0.25) is 9.59 Å². The van der Waals surface area contributed by atoms with Crippen molar-refractivity contribution in [2.24, 2.45) is 0 Å². The van der Waals surface area contributed by atoms with Crippen molar-refractivity contribution in [1.82, 2.24) is 4.90 Å². The number of ketones is 1. The summed E-state index contributed by atoms with van der Waals surface area (Å²) in [5.41, 5.74) is 2.85. The SMILES string of the molecule is Cc1ccsc1C1/C(=C(/O)c2ccc3c(c2)CCO3)C(=O)C(=O)N1C1CCCCC1. The van der Waals surface area contributed by atoms with Gasteiger partial charge in [0.2, 0.25) is 0 Å². The Morgan fingerprint density at radius 1 is 1.17 bits per heavy atom. The van der Waals surface area contributed by atoms with Crippen LogP contribution in [-0.4, -0.2) is 34.3 Å². The predicted octanol–water partition coefficient (Wildman–Crippen LogP) is 4.75. The summed E-state index contributed by atoms with van der Waals surface area (Å²) >= 11 is 1.54. The minimum Gasteiger partial charge on any atom is -0.507 e. The van der Waals surface area contributed by atoms with E-state index in [2.05, 4.69) is 0 Å². The Kier molecular flexibility index (Phi) is 4.89. The van der Waals surface area contributed by atoms with Crippen LogP contribution < -0.4 is 4.74 Å². The summed E-state index contributed by atoms with van der Waals surface area (Å²) < 4.78 is 5.56. The number of Topliss-reactive ketones (excluding diaryl/α,β-unsaturated/α-hetero) is 1. The number of thiophene rings is 1. The molecule has 5 nitrogen and oxygen atoms in total. The molecular weight excluding hydrogens is 398 g/mol. The van der Waals surface area contributed by atoms with Gasteiger partial charge in [0.1, 0.15) is 17.6 Å². The van der Waals surface area contributed by atoms with Crippen LogP contribution in [0.15, 0.2) is 35.2 Å². The zero-order valence-corrected chi connectivity index (χ0v) is 17.8. The van der Waals surface area contributed by atoms with Crippen LogP contribution in [0, 0.1) is 6.92 Å². The molecule has 3 heterocycles. The van der Waals surface area contributed by atoms with Gasteiger partial charge in [-0.15, -0.1) is 11.3 Å². The third kappa shape index (κ3) is 3.05. The second-order valence-electron chi connectivity index (χ2n) is 8.39. The van der Waals surface area contributed by atoms with E-state index in [-0.39, 0.29) is 17.4 Å². The van der Waals surface area contributed by atoms with Crippen molar-refractivity contribution in [2.45, 2.75) is 57.5 Å². The molecule has 1 saturated carbocycles. The molecule has 1 aromatic heterocycles. The van der Waals surface area contributed by atoms with E-state index in [4.69, 9.17) is 4.74 Å². The zero-order valence-electron chi connectivity index (χ0n) is 17.0. The van der Waals surface area contributed by atoms with Crippen molar-refractivity contribution in [3.8, 4) is 5.75 Å². The molecule has 0 spiro atoms. The third-order valence-corrected chi connectivity index (χ3v) is 7.63. The van der Waals surface area contributed by atoms with E-state index in [1.54, 1.807) is 22.3 Å². The fraction of sp³-hybridized carbons (Fsp3) is 0.417. The quantitative estimate of drug-likeness (QED) is 0.440. The number of carbonyl (C=O) groups excluding carboxylic acids is 2. The van der Waals surface area contributed by atoms with Gasteiger partial charge in [0.15, 0.2) is 0 Å². The molecule has 1 saturated heterocycles. The van der Waals surface area contributed by atoms with Gasteiger partial charge < -0.3 is 14.7 Å². The van der Waals surface area contributed by atoms with Crippen LogP contribution in [0.1, 0.15) is 59.7 Å². The lowest BCUT2D eigenvalue weighted by atomic mass is 9.92. The van der Waals surface area contributed by atoms with Crippen LogP contribution in [0.25, 0.3) is 5.76 Å². The number of aliphatic hydroxyl groups is 1. The highest BCUT2D eigenvalue weighted by molar-refractivity contribution is 7.10. The van der Waals surface area contributed by atoms with Crippen molar-refractivity contribution >= 4 is 28.8 Å². The molecule has 1 aliphatic carbocycles. The fourth-order valence-corrected chi connectivity index (χ4v) is 6.03. The van der Waals surface area contributed by atoms with Gasteiger partial charge in [0.25, 0.3) is 11.7 Å². The maximum absolute atomic E-state index is 13.2. The minimum absolute atomic E-state index is 0.0421.